The van der Waals surface area contributed by atoms with E-state index < -0.39 is 0 Å². The second-order valence-electron chi connectivity index (χ2n) is 6.45. The fraction of sp³-hybridized carbons (Fsp3) is 0.250. The summed E-state index contributed by atoms with van der Waals surface area (Å²) < 4.78 is 5.29. The van der Waals surface area contributed by atoms with E-state index >= 15 is 0 Å². The highest BCUT2D eigenvalue weighted by Gasteiger charge is 2.46. The highest BCUT2D eigenvalue weighted by molar-refractivity contribution is 6.31. The van der Waals surface area contributed by atoms with Crippen molar-refractivity contribution in [3.63, 3.8) is 0 Å². The molecule has 0 saturated heterocycles. The second kappa shape index (κ2) is 6.57. The van der Waals surface area contributed by atoms with Gasteiger partial charge in [0.25, 0.3) is 11.8 Å². The van der Waals surface area contributed by atoms with Gasteiger partial charge < -0.3 is 4.74 Å². The summed E-state index contributed by atoms with van der Waals surface area (Å²) in [7, 11) is 0. The number of rotatable bonds is 5. The first kappa shape index (κ1) is 16.8. The number of halogens is 1. The number of hydrogen-bond acceptors (Lipinski definition) is 4. The van der Waals surface area contributed by atoms with Crippen molar-refractivity contribution in [2.75, 3.05) is 13.2 Å². The number of carbonyl (C=O) groups excluding carboxylic acids is 3. The van der Waals surface area contributed by atoms with Gasteiger partial charge in [-0.3, -0.25) is 19.3 Å². The molecule has 132 valence electrons. The molecule has 0 aromatic heterocycles. The minimum absolute atomic E-state index is 0.00392. The van der Waals surface area contributed by atoms with E-state index in [1.54, 1.807) is 30.3 Å². The van der Waals surface area contributed by atoms with Crippen LogP contribution in [0.3, 0.4) is 0 Å². The maximum atomic E-state index is 12.3. The molecule has 2 amide bonds. The summed E-state index contributed by atoms with van der Waals surface area (Å²) in [6.45, 7) is 0.0532. The topological polar surface area (TPSA) is 63.7 Å². The molecule has 5 nitrogen and oxygen atoms in total. The Kier molecular flexibility index (Phi) is 4.24. The summed E-state index contributed by atoms with van der Waals surface area (Å²) in [5.41, 5.74) is 1.74. The highest BCUT2D eigenvalue weighted by atomic mass is 35.5. The molecule has 0 bridgehead atoms. The van der Waals surface area contributed by atoms with E-state index in [9.17, 15) is 14.4 Å². The summed E-state index contributed by atoms with van der Waals surface area (Å²) >= 11 is 6.16. The van der Waals surface area contributed by atoms with Gasteiger partial charge in [-0.15, -0.1) is 0 Å². The summed E-state index contributed by atoms with van der Waals surface area (Å²) in [6, 6.07) is 14.2. The largest absolute Gasteiger partial charge is 0.464 e. The first-order valence-corrected chi connectivity index (χ1v) is 8.82. The van der Waals surface area contributed by atoms with Crippen molar-refractivity contribution in [3.05, 3.63) is 70.2 Å². The average molecular weight is 370 g/mol. The molecule has 0 spiro atoms. The third-order valence-corrected chi connectivity index (χ3v) is 5.18. The molecule has 2 aliphatic rings. The van der Waals surface area contributed by atoms with E-state index in [1.165, 1.54) is 0 Å². The molecule has 26 heavy (non-hydrogen) atoms. The molecule has 1 saturated carbocycles. The lowest BCUT2D eigenvalue weighted by molar-refractivity contribution is -0.145. The highest BCUT2D eigenvalue weighted by Crippen LogP contribution is 2.50. The van der Waals surface area contributed by atoms with Gasteiger partial charge in [-0.05, 0) is 36.1 Å². The minimum Gasteiger partial charge on any atom is -0.464 e. The monoisotopic (exact) mass is 369 g/mol. The standard InChI is InChI=1S/C20H16ClNO4/c21-17-8-4-3-5-12(17)15-11-16(15)20(25)26-10-9-22-18(23)13-6-1-2-7-14(13)19(22)24/h1-8,15-16H,9-11H2/t15-,16+/m1/s1. The van der Waals surface area contributed by atoms with E-state index in [1.807, 2.05) is 18.2 Å². The molecule has 0 N–H and O–H groups in total. The van der Waals surface area contributed by atoms with Crippen LogP contribution in [-0.4, -0.2) is 35.8 Å². The van der Waals surface area contributed by atoms with Crippen LogP contribution in [-0.2, 0) is 9.53 Å². The molecule has 1 aliphatic heterocycles. The molecule has 6 heteroatoms. The second-order valence-corrected chi connectivity index (χ2v) is 6.85. The quantitative estimate of drug-likeness (QED) is 0.599. The van der Waals surface area contributed by atoms with Crippen LogP contribution in [0.5, 0.6) is 0 Å². The number of ether oxygens (including phenoxy) is 1. The molecule has 1 heterocycles. The number of nitrogens with zero attached hydrogens (tertiary/aromatic N) is 1. The lowest BCUT2D eigenvalue weighted by Crippen LogP contribution is -2.33. The van der Waals surface area contributed by atoms with E-state index in [2.05, 4.69) is 0 Å². The van der Waals surface area contributed by atoms with Crippen molar-refractivity contribution in [2.45, 2.75) is 12.3 Å². The third kappa shape index (κ3) is 2.88. The van der Waals surface area contributed by atoms with E-state index in [0.717, 1.165) is 10.5 Å². The zero-order valence-corrected chi connectivity index (χ0v) is 14.6. The third-order valence-electron chi connectivity index (χ3n) is 4.84. The lowest BCUT2D eigenvalue weighted by Gasteiger charge is -2.13. The van der Waals surface area contributed by atoms with Gasteiger partial charge in [0.15, 0.2) is 0 Å². The first-order valence-electron chi connectivity index (χ1n) is 8.44. The van der Waals surface area contributed by atoms with Gasteiger partial charge in [-0.25, -0.2) is 0 Å². The molecule has 2 aromatic carbocycles. The maximum absolute atomic E-state index is 12.3. The molecule has 1 aliphatic carbocycles. The Hall–Kier alpha value is -2.66. The Morgan fingerprint density at radius 3 is 2.31 bits per heavy atom. The smallest absolute Gasteiger partial charge is 0.309 e. The van der Waals surface area contributed by atoms with Crippen LogP contribution in [0.15, 0.2) is 48.5 Å². The predicted octanol–water partition coefficient (Wildman–Crippen LogP) is 3.28. The summed E-state index contributed by atoms with van der Waals surface area (Å²) in [5, 5.41) is 0.652. The number of hydrogen-bond donors (Lipinski definition) is 0. The van der Waals surface area contributed by atoms with E-state index in [0.29, 0.717) is 22.6 Å². The fourth-order valence-corrected chi connectivity index (χ4v) is 3.64. The van der Waals surface area contributed by atoms with Crippen LogP contribution in [0.1, 0.15) is 38.6 Å². The Balaban J connectivity index is 1.31. The zero-order chi connectivity index (χ0) is 18.3. The van der Waals surface area contributed by atoms with Crippen molar-refractivity contribution >= 4 is 29.4 Å². The van der Waals surface area contributed by atoms with Crippen LogP contribution in [0.25, 0.3) is 0 Å². The number of imide groups is 1. The SMILES string of the molecule is O=C(OCCN1C(=O)c2ccccc2C1=O)[C@H]1C[C@@H]1c1ccccc1Cl. The Morgan fingerprint density at radius 2 is 1.65 bits per heavy atom. The summed E-state index contributed by atoms with van der Waals surface area (Å²) in [6.07, 6.45) is 0.704. The van der Waals surface area contributed by atoms with Crippen LogP contribution in [0, 0.1) is 5.92 Å². The Labute approximate surface area is 155 Å². The van der Waals surface area contributed by atoms with Gasteiger partial charge in [0.05, 0.1) is 23.6 Å². The number of fused-ring (bicyclic) bond motifs is 1. The van der Waals surface area contributed by atoms with Crippen molar-refractivity contribution in [2.24, 2.45) is 5.92 Å². The molecule has 4 rings (SSSR count). The van der Waals surface area contributed by atoms with Crippen molar-refractivity contribution < 1.29 is 19.1 Å². The van der Waals surface area contributed by atoms with Crippen molar-refractivity contribution in [1.82, 2.24) is 4.90 Å². The maximum Gasteiger partial charge on any atom is 0.309 e. The summed E-state index contributed by atoms with van der Waals surface area (Å²) in [5.74, 6) is -1.14. The van der Waals surface area contributed by atoms with Gasteiger partial charge >= 0.3 is 5.97 Å². The molecule has 1 fully saturated rings. The van der Waals surface area contributed by atoms with Gasteiger partial charge in [-0.2, -0.15) is 0 Å². The molecule has 2 aromatic rings. The summed E-state index contributed by atoms with van der Waals surface area (Å²) in [4.78, 5) is 37.8. The van der Waals surface area contributed by atoms with E-state index in [-0.39, 0.29) is 42.8 Å². The normalized spacial score (nSPS) is 20.9. The predicted molar refractivity (Wildman–Crippen MR) is 95.1 cm³/mol. The average Bonchev–Trinajstić information content (AvgIpc) is 3.41. The number of carbonyl (C=O) groups is 3. The molecule has 0 unspecified atom stereocenters. The van der Waals surface area contributed by atoms with E-state index in [4.69, 9.17) is 16.3 Å². The lowest BCUT2D eigenvalue weighted by atomic mass is 10.1. The van der Waals surface area contributed by atoms with Crippen molar-refractivity contribution in [1.29, 1.82) is 0 Å². The van der Waals surface area contributed by atoms with Crippen LogP contribution < -0.4 is 0 Å². The Bertz CT molecular complexity index is 875. The van der Waals surface area contributed by atoms with Gasteiger partial charge in [0, 0.05) is 5.02 Å². The molecule has 2 atom stereocenters. The zero-order valence-electron chi connectivity index (χ0n) is 13.9. The molecule has 0 radical (unpaired) electrons. The molecular formula is C20H16ClNO4. The number of esters is 1. The minimum atomic E-state index is -0.345. The van der Waals surface area contributed by atoms with Crippen LogP contribution in [0.2, 0.25) is 5.02 Å². The van der Waals surface area contributed by atoms with Gasteiger partial charge in [0.2, 0.25) is 0 Å². The van der Waals surface area contributed by atoms with Crippen molar-refractivity contribution in [3.8, 4) is 0 Å². The first-order chi connectivity index (χ1) is 12.6. The van der Waals surface area contributed by atoms with Crippen LogP contribution in [0.4, 0.5) is 0 Å². The number of amides is 2. The Morgan fingerprint density at radius 1 is 1.04 bits per heavy atom. The van der Waals surface area contributed by atoms with Gasteiger partial charge in [-0.1, -0.05) is 41.9 Å². The van der Waals surface area contributed by atoms with Crippen LogP contribution >= 0.6 is 11.6 Å². The van der Waals surface area contributed by atoms with Gasteiger partial charge in [0.1, 0.15) is 6.61 Å². The number of benzene rings is 2. The fourth-order valence-electron chi connectivity index (χ4n) is 3.36. The molecular weight excluding hydrogens is 354 g/mol.